The summed E-state index contributed by atoms with van der Waals surface area (Å²) < 4.78 is 1.98. The molecule has 0 aliphatic rings. The second-order valence-electron chi connectivity index (χ2n) is 6.29. The highest BCUT2D eigenvalue weighted by molar-refractivity contribution is 7.22. The lowest BCUT2D eigenvalue weighted by Crippen LogP contribution is -2.12. The molecule has 0 atom stereocenters. The van der Waals surface area contributed by atoms with Crippen LogP contribution in [0.1, 0.15) is 32.0 Å². The molecule has 0 fully saturated rings. The number of carboxylic acid groups (broad SMARTS) is 1. The van der Waals surface area contributed by atoms with Crippen LogP contribution >= 0.6 is 11.3 Å². The number of benzene rings is 2. The van der Waals surface area contributed by atoms with Crippen molar-refractivity contribution < 1.29 is 14.7 Å². The van der Waals surface area contributed by atoms with Gasteiger partial charge in [0.25, 0.3) is 5.91 Å². The van der Waals surface area contributed by atoms with Crippen molar-refractivity contribution in [2.75, 3.05) is 5.32 Å². The molecule has 2 heterocycles. The summed E-state index contributed by atoms with van der Waals surface area (Å²) in [4.78, 5) is 28.4. The Labute approximate surface area is 164 Å². The van der Waals surface area contributed by atoms with Crippen molar-refractivity contribution >= 4 is 38.7 Å². The van der Waals surface area contributed by atoms with Crippen molar-refractivity contribution in [3.05, 3.63) is 77.0 Å². The number of amides is 1. The van der Waals surface area contributed by atoms with E-state index in [-0.39, 0.29) is 11.6 Å². The number of thiazole rings is 1. The van der Waals surface area contributed by atoms with E-state index < -0.39 is 5.97 Å². The van der Waals surface area contributed by atoms with Crippen molar-refractivity contribution in [2.24, 2.45) is 0 Å². The molecular weight excluding hydrogens is 376 g/mol. The molecule has 0 radical (unpaired) electrons. The predicted octanol–water partition coefficient (Wildman–Crippen LogP) is 3.80. The Balaban J connectivity index is 1.67. The number of hydrogen-bond donors (Lipinski definition) is 2. The quantitative estimate of drug-likeness (QED) is 0.538. The molecule has 0 saturated carbocycles. The van der Waals surface area contributed by atoms with E-state index >= 15 is 0 Å². The van der Waals surface area contributed by atoms with Gasteiger partial charge in [-0.2, -0.15) is 10.1 Å². The summed E-state index contributed by atoms with van der Waals surface area (Å²) in [5.74, 6) is -1.42. The Hall–Kier alpha value is -3.52. The minimum Gasteiger partial charge on any atom is -0.476 e. The van der Waals surface area contributed by atoms with E-state index in [4.69, 9.17) is 0 Å². The third kappa shape index (κ3) is 3.49. The first-order chi connectivity index (χ1) is 13.5. The van der Waals surface area contributed by atoms with E-state index in [2.05, 4.69) is 15.4 Å². The van der Waals surface area contributed by atoms with Crippen LogP contribution in [0.5, 0.6) is 0 Å². The fraction of sp³-hybridized carbons (Fsp3) is 0.100. The average Bonchev–Trinajstić information content (AvgIpc) is 3.22. The Morgan fingerprint density at radius 2 is 1.82 bits per heavy atom. The lowest BCUT2D eigenvalue weighted by Gasteiger charge is -2.03. The van der Waals surface area contributed by atoms with Crippen LogP contribution in [-0.2, 0) is 6.54 Å². The van der Waals surface area contributed by atoms with Gasteiger partial charge in [0.05, 0.1) is 6.54 Å². The number of anilines is 1. The van der Waals surface area contributed by atoms with E-state index in [0.29, 0.717) is 27.6 Å². The monoisotopic (exact) mass is 392 g/mol. The van der Waals surface area contributed by atoms with Crippen molar-refractivity contribution in [3.63, 3.8) is 0 Å². The molecule has 0 spiro atoms. The summed E-state index contributed by atoms with van der Waals surface area (Å²) in [6.07, 6.45) is 0. The predicted molar refractivity (Wildman–Crippen MR) is 107 cm³/mol. The molecule has 7 nitrogen and oxygen atoms in total. The normalized spacial score (nSPS) is 10.9. The maximum absolute atomic E-state index is 12.4. The summed E-state index contributed by atoms with van der Waals surface area (Å²) in [5.41, 5.74) is 2.91. The van der Waals surface area contributed by atoms with Gasteiger partial charge in [0.2, 0.25) is 0 Å². The summed E-state index contributed by atoms with van der Waals surface area (Å²) >= 11 is 1.10. The zero-order valence-electron chi connectivity index (χ0n) is 14.9. The Morgan fingerprint density at radius 1 is 1.11 bits per heavy atom. The molecule has 0 saturated heterocycles. The second-order valence-corrected chi connectivity index (χ2v) is 7.29. The third-order valence-electron chi connectivity index (χ3n) is 4.20. The molecule has 140 valence electrons. The third-order valence-corrected chi connectivity index (χ3v) is 5.17. The molecule has 0 bridgehead atoms. The molecule has 0 aliphatic heterocycles. The van der Waals surface area contributed by atoms with Gasteiger partial charge in [-0.05, 0) is 24.6 Å². The molecule has 4 rings (SSSR count). The molecule has 28 heavy (non-hydrogen) atoms. The van der Waals surface area contributed by atoms with Gasteiger partial charge >= 0.3 is 5.97 Å². The van der Waals surface area contributed by atoms with Crippen LogP contribution in [0, 0.1) is 6.92 Å². The van der Waals surface area contributed by atoms with Crippen LogP contribution in [0.15, 0.2) is 54.6 Å². The molecule has 2 aromatic heterocycles. The number of carbonyl (C=O) groups excluding carboxylic acids is 1. The van der Waals surface area contributed by atoms with Crippen molar-refractivity contribution in [3.8, 4) is 0 Å². The highest BCUT2D eigenvalue weighted by atomic mass is 32.1. The van der Waals surface area contributed by atoms with Crippen LogP contribution in [-0.4, -0.2) is 31.7 Å². The Bertz CT molecular complexity index is 1160. The van der Waals surface area contributed by atoms with Crippen LogP contribution in [0.25, 0.3) is 10.3 Å². The van der Waals surface area contributed by atoms with Gasteiger partial charge < -0.3 is 5.11 Å². The molecule has 1 amide bonds. The van der Waals surface area contributed by atoms with Crippen molar-refractivity contribution in [2.45, 2.75) is 13.5 Å². The number of carbonyl (C=O) groups is 2. The fourth-order valence-corrected chi connectivity index (χ4v) is 3.73. The summed E-state index contributed by atoms with van der Waals surface area (Å²) in [5, 5.41) is 16.7. The number of fused-ring (bicyclic) bond motifs is 1. The number of aromatic nitrogens is 3. The molecule has 2 N–H and O–H groups in total. The van der Waals surface area contributed by atoms with Crippen LogP contribution in [0.3, 0.4) is 0 Å². The number of aromatic carboxylic acids is 1. The molecule has 2 aromatic carbocycles. The lowest BCUT2D eigenvalue weighted by atomic mass is 10.1. The summed E-state index contributed by atoms with van der Waals surface area (Å²) in [6.45, 7) is 2.33. The van der Waals surface area contributed by atoms with Crippen LogP contribution in [0.4, 0.5) is 5.13 Å². The van der Waals surface area contributed by atoms with Gasteiger partial charge in [-0.15, -0.1) is 0 Å². The number of hydrogen-bond acceptors (Lipinski definition) is 5. The standard InChI is InChI=1S/C20H16N4O3S/c1-12-7-9-14(10-8-12)18(25)22-20-21-17-16(28-20)15(19(26)27)23-24(17)11-13-5-3-2-4-6-13/h2-10H,11H2,1H3,(H,26,27)(H,21,22,25). The topological polar surface area (TPSA) is 97.1 Å². The van der Waals surface area contributed by atoms with E-state index in [1.165, 1.54) is 0 Å². The second kappa shape index (κ2) is 7.24. The number of nitrogens with zero attached hydrogens (tertiary/aromatic N) is 3. The van der Waals surface area contributed by atoms with Gasteiger partial charge in [0.1, 0.15) is 4.70 Å². The zero-order valence-corrected chi connectivity index (χ0v) is 15.7. The maximum atomic E-state index is 12.4. The zero-order chi connectivity index (χ0) is 19.7. The van der Waals surface area contributed by atoms with Gasteiger partial charge in [-0.3, -0.25) is 10.1 Å². The first-order valence-corrected chi connectivity index (χ1v) is 9.35. The van der Waals surface area contributed by atoms with Crippen molar-refractivity contribution in [1.29, 1.82) is 0 Å². The van der Waals surface area contributed by atoms with Crippen molar-refractivity contribution in [1.82, 2.24) is 14.8 Å². The molecule has 0 unspecified atom stereocenters. The van der Waals surface area contributed by atoms with Gasteiger partial charge in [0, 0.05) is 5.56 Å². The molecular formula is C20H16N4O3S. The molecule has 0 aliphatic carbocycles. The first kappa shape index (κ1) is 17.9. The number of aryl methyl sites for hydroxylation is 1. The highest BCUT2D eigenvalue weighted by Crippen LogP contribution is 2.30. The SMILES string of the molecule is Cc1ccc(C(=O)Nc2nc3c(s2)c(C(=O)O)nn3Cc2ccccc2)cc1. The van der Waals surface area contributed by atoms with E-state index in [1.54, 1.807) is 16.8 Å². The highest BCUT2D eigenvalue weighted by Gasteiger charge is 2.22. The molecule has 4 aromatic rings. The fourth-order valence-electron chi connectivity index (χ4n) is 2.79. The Kier molecular flexibility index (Phi) is 4.62. The van der Waals surface area contributed by atoms with E-state index in [0.717, 1.165) is 22.5 Å². The number of nitrogens with one attached hydrogen (secondary N) is 1. The van der Waals surface area contributed by atoms with Gasteiger partial charge in [-0.25, -0.2) is 9.48 Å². The van der Waals surface area contributed by atoms with Gasteiger partial charge in [0.15, 0.2) is 16.5 Å². The largest absolute Gasteiger partial charge is 0.476 e. The van der Waals surface area contributed by atoms with Crippen LogP contribution < -0.4 is 5.32 Å². The van der Waals surface area contributed by atoms with Crippen LogP contribution in [0.2, 0.25) is 0 Å². The first-order valence-electron chi connectivity index (χ1n) is 8.54. The average molecular weight is 392 g/mol. The molecule has 8 heteroatoms. The van der Waals surface area contributed by atoms with E-state index in [1.807, 2.05) is 49.4 Å². The summed E-state index contributed by atoms with van der Waals surface area (Å²) in [6, 6.07) is 16.8. The van der Waals surface area contributed by atoms with Gasteiger partial charge in [-0.1, -0.05) is 59.4 Å². The Morgan fingerprint density at radius 3 is 2.50 bits per heavy atom. The smallest absolute Gasteiger partial charge is 0.357 e. The van der Waals surface area contributed by atoms with E-state index in [9.17, 15) is 14.7 Å². The summed E-state index contributed by atoms with van der Waals surface area (Å²) in [7, 11) is 0. The maximum Gasteiger partial charge on any atom is 0.357 e. The minimum absolute atomic E-state index is 0.0701. The lowest BCUT2D eigenvalue weighted by molar-refractivity contribution is 0.0691. The number of rotatable bonds is 5. The minimum atomic E-state index is -1.13. The number of carboxylic acids is 1.